The molecule has 7 heteroatoms. The molecule has 0 fully saturated rings. The number of carbonyl (C=O) groups excluding carboxylic acids is 2. The van der Waals surface area contributed by atoms with Gasteiger partial charge in [-0.25, -0.2) is 4.79 Å². The maximum Gasteiger partial charge on any atom is 0.407 e. The number of nitrogens with one attached hydrogen (secondary N) is 1. The van der Waals surface area contributed by atoms with Crippen molar-refractivity contribution in [3.8, 4) is 0 Å². The Morgan fingerprint density at radius 2 is 1.67 bits per heavy atom. The van der Waals surface area contributed by atoms with Crippen LogP contribution in [0.2, 0.25) is 0 Å². The van der Waals surface area contributed by atoms with Crippen LogP contribution in [-0.2, 0) is 14.3 Å². The van der Waals surface area contributed by atoms with Crippen molar-refractivity contribution in [2.45, 2.75) is 6.42 Å². The Morgan fingerprint density at radius 3 is 2.27 bits per heavy atom. The van der Waals surface area contributed by atoms with Crippen LogP contribution in [-0.4, -0.2) is 43.6 Å². The third-order valence-corrected chi connectivity index (χ3v) is 1.56. The molecule has 1 N–H and O–H groups in total. The van der Waals surface area contributed by atoms with Gasteiger partial charge in [0, 0.05) is 6.54 Å². The van der Waals surface area contributed by atoms with Crippen molar-refractivity contribution in [1.82, 2.24) is 5.32 Å². The molecule has 0 saturated carbocycles. The van der Waals surface area contributed by atoms with E-state index in [0.29, 0.717) is 0 Å². The lowest BCUT2D eigenvalue weighted by atomic mass is 10.4. The number of alkyl carbamates (subject to hydrolysis) is 1. The van der Waals surface area contributed by atoms with Gasteiger partial charge in [0.15, 0.2) is 0 Å². The molecule has 0 aliphatic rings. The topological polar surface area (TPSA) is 64.6 Å². The predicted molar refractivity (Wildman–Crippen MR) is 56.4 cm³/mol. The maximum atomic E-state index is 10.9. The van der Waals surface area contributed by atoms with Crippen molar-refractivity contribution in [3.63, 3.8) is 0 Å². The van der Waals surface area contributed by atoms with E-state index in [1.165, 1.54) is 0 Å². The summed E-state index contributed by atoms with van der Waals surface area (Å²) in [5.41, 5.74) is 0. The van der Waals surface area contributed by atoms with E-state index in [1.807, 2.05) is 0 Å². The standard InChI is InChI=1S/C8H13Cl2NO4/c9-2-5-14-7(12)1-4-11-8(13)15-6-3-10/h1-6H2,(H,11,13). The van der Waals surface area contributed by atoms with E-state index in [-0.39, 0.29) is 37.9 Å². The number of hydrogen-bond donors (Lipinski definition) is 1. The van der Waals surface area contributed by atoms with Gasteiger partial charge in [-0.2, -0.15) is 0 Å². The lowest BCUT2D eigenvalue weighted by Crippen LogP contribution is -2.27. The Morgan fingerprint density at radius 1 is 1.07 bits per heavy atom. The summed E-state index contributed by atoms with van der Waals surface area (Å²) < 4.78 is 9.27. The number of amides is 1. The first-order chi connectivity index (χ1) is 7.20. The van der Waals surface area contributed by atoms with Crippen molar-refractivity contribution in [3.05, 3.63) is 0 Å². The molecule has 0 aliphatic carbocycles. The fourth-order valence-corrected chi connectivity index (χ4v) is 0.828. The van der Waals surface area contributed by atoms with Crippen LogP contribution in [0.25, 0.3) is 0 Å². The van der Waals surface area contributed by atoms with Gasteiger partial charge in [-0.15, -0.1) is 23.2 Å². The van der Waals surface area contributed by atoms with Crippen LogP contribution >= 0.6 is 23.2 Å². The van der Waals surface area contributed by atoms with Crippen LogP contribution in [0.3, 0.4) is 0 Å². The lowest BCUT2D eigenvalue weighted by Gasteiger charge is -2.05. The van der Waals surface area contributed by atoms with Gasteiger partial charge in [-0.3, -0.25) is 4.79 Å². The quantitative estimate of drug-likeness (QED) is 0.549. The third kappa shape index (κ3) is 9.62. The maximum absolute atomic E-state index is 10.9. The molecule has 0 bridgehead atoms. The Balaban J connectivity index is 3.36. The first-order valence-corrected chi connectivity index (χ1v) is 5.45. The van der Waals surface area contributed by atoms with Crippen molar-refractivity contribution < 1.29 is 19.1 Å². The van der Waals surface area contributed by atoms with Gasteiger partial charge in [0.2, 0.25) is 0 Å². The molecule has 0 rings (SSSR count). The lowest BCUT2D eigenvalue weighted by molar-refractivity contribution is -0.142. The molecule has 15 heavy (non-hydrogen) atoms. The highest BCUT2D eigenvalue weighted by Gasteiger charge is 2.04. The van der Waals surface area contributed by atoms with E-state index in [2.05, 4.69) is 14.8 Å². The normalized spacial score (nSPS) is 9.47. The fraction of sp³-hybridized carbons (Fsp3) is 0.750. The number of rotatable bonds is 7. The van der Waals surface area contributed by atoms with Crippen LogP contribution in [0.1, 0.15) is 6.42 Å². The molecule has 0 atom stereocenters. The number of ether oxygens (including phenoxy) is 2. The fourth-order valence-electron chi connectivity index (χ4n) is 0.674. The molecule has 0 saturated heterocycles. The number of hydrogen-bond acceptors (Lipinski definition) is 4. The Labute approximate surface area is 98.0 Å². The second-order valence-corrected chi connectivity index (χ2v) is 3.17. The summed E-state index contributed by atoms with van der Waals surface area (Å²) in [6, 6.07) is 0. The van der Waals surface area contributed by atoms with Crippen molar-refractivity contribution in [1.29, 1.82) is 0 Å². The van der Waals surface area contributed by atoms with Gasteiger partial charge < -0.3 is 14.8 Å². The molecule has 0 aromatic carbocycles. The summed E-state index contributed by atoms with van der Waals surface area (Å²) in [4.78, 5) is 21.7. The Kier molecular flexibility index (Phi) is 9.41. The zero-order valence-corrected chi connectivity index (χ0v) is 9.64. The van der Waals surface area contributed by atoms with Crippen LogP contribution < -0.4 is 5.32 Å². The average Bonchev–Trinajstić information content (AvgIpc) is 2.23. The molecule has 0 radical (unpaired) electrons. The third-order valence-electron chi connectivity index (χ3n) is 1.25. The summed E-state index contributed by atoms with van der Waals surface area (Å²) in [6.07, 6.45) is -0.506. The van der Waals surface area contributed by atoms with Crippen molar-refractivity contribution in [2.75, 3.05) is 31.5 Å². The van der Waals surface area contributed by atoms with Crippen LogP contribution in [0.15, 0.2) is 0 Å². The highest BCUT2D eigenvalue weighted by atomic mass is 35.5. The van der Waals surface area contributed by atoms with Gasteiger partial charge in [0.25, 0.3) is 0 Å². The van der Waals surface area contributed by atoms with E-state index in [1.54, 1.807) is 0 Å². The molecule has 0 aromatic heterocycles. The molecule has 0 heterocycles. The number of halogens is 2. The highest BCUT2D eigenvalue weighted by Crippen LogP contribution is 1.87. The Bertz CT molecular complexity index is 181. The highest BCUT2D eigenvalue weighted by molar-refractivity contribution is 6.18. The van der Waals surface area contributed by atoms with Crippen molar-refractivity contribution >= 4 is 35.3 Å². The van der Waals surface area contributed by atoms with Gasteiger partial charge in [-0.1, -0.05) is 0 Å². The largest absolute Gasteiger partial charge is 0.464 e. The molecule has 1 amide bonds. The molecule has 5 nitrogen and oxygen atoms in total. The van der Waals surface area contributed by atoms with E-state index < -0.39 is 12.1 Å². The number of esters is 1. The summed E-state index contributed by atoms with van der Waals surface area (Å²) >= 11 is 10.6. The van der Waals surface area contributed by atoms with E-state index in [4.69, 9.17) is 23.2 Å². The summed E-state index contributed by atoms with van der Waals surface area (Å²) in [7, 11) is 0. The van der Waals surface area contributed by atoms with E-state index in [0.717, 1.165) is 0 Å². The molecule has 88 valence electrons. The molecule has 0 aliphatic heterocycles. The molecule has 0 unspecified atom stereocenters. The first-order valence-electron chi connectivity index (χ1n) is 4.39. The van der Waals surface area contributed by atoms with Gasteiger partial charge in [0.1, 0.15) is 13.2 Å². The molecular weight excluding hydrogens is 245 g/mol. The number of carbonyl (C=O) groups is 2. The molecule has 0 aromatic rings. The van der Waals surface area contributed by atoms with Gasteiger partial charge in [0.05, 0.1) is 18.2 Å². The second kappa shape index (κ2) is 9.86. The van der Waals surface area contributed by atoms with Crippen LogP contribution in [0.4, 0.5) is 4.79 Å². The average molecular weight is 258 g/mol. The smallest absolute Gasteiger partial charge is 0.407 e. The minimum Gasteiger partial charge on any atom is -0.464 e. The second-order valence-electron chi connectivity index (χ2n) is 2.41. The summed E-state index contributed by atoms with van der Waals surface area (Å²) in [5.74, 6) is 0.0931. The SMILES string of the molecule is O=C(CCNC(=O)OCCCl)OCCCl. The summed E-state index contributed by atoms with van der Waals surface area (Å²) in [5, 5.41) is 2.37. The number of alkyl halides is 2. The Hall–Kier alpha value is -0.680. The molecule has 0 spiro atoms. The van der Waals surface area contributed by atoms with E-state index >= 15 is 0 Å². The zero-order chi connectivity index (χ0) is 11.5. The zero-order valence-electron chi connectivity index (χ0n) is 8.13. The van der Waals surface area contributed by atoms with Gasteiger partial charge in [-0.05, 0) is 0 Å². The minimum absolute atomic E-state index is 0.0901. The first kappa shape index (κ1) is 14.3. The monoisotopic (exact) mass is 257 g/mol. The van der Waals surface area contributed by atoms with Gasteiger partial charge >= 0.3 is 12.1 Å². The molecular formula is C8H13Cl2NO4. The van der Waals surface area contributed by atoms with Crippen LogP contribution in [0, 0.1) is 0 Å². The summed E-state index contributed by atoms with van der Waals surface area (Å²) in [6.45, 7) is 0.489. The minimum atomic E-state index is -0.596. The predicted octanol–water partition coefficient (Wildman–Crippen LogP) is 1.12. The van der Waals surface area contributed by atoms with Crippen LogP contribution in [0.5, 0.6) is 0 Å². The van der Waals surface area contributed by atoms with E-state index in [9.17, 15) is 9.59 Å². The van der Waals surface area contributed by atoms with Crippen molar-refractivity contribution in [2.24, 2.45) is 0 Å².